The number of hydrogen-bond acceptors (Lipinski definition) is 3. The van der Waals surface area contributed by atoms with Gasteiger partial charge in [0.05, 0.1) is 11.7 Å². The molecular formula is C17H18N2O2S. The van der Waals surface area contributed by atoms with E-state index in [9.17, 15) is 4.79 Å². The molecule has 0 atom stereocenters. The van der Waals surface area contributed by atoms with E-state index in [0.29, 0.717) is 5.56 Å². The number of carbonyl (C=O) groups is 1. The van der Waals surface area contributed by atoms with Crippen LogP contribution in [0.25, 0.3) is 11.1 Å². The maximum absolute atomic E-state index is 12.0. The second-order valence-corrected chi connectivity index (χ2v) is 5.54. The van der Waals surface area contributed by atoms with Gasteiger partial charge in [0, 0.05) is 5.69 Å². The van der Waals surface area contributed by atoms with Crippen molar-refractivity contribution in [2.75, 3.05) is 5.32 Å². The zero-order valence-corrected chi connectivity index (χ0v) is 13.3. The molecule has 5 heteroatoms. The van der Waals surface area contributed by atoms with E-state index < -0.39 is 0 Å². The largest absolute Gasteiger partial charge is 0.459 e. The summed E-state index contributed by atoms with van der Waals surface area (Å²) in [5.74, 6) is -0.316. The van der Waals surface area contributed by atoms with Crippen molar-refractivity contribution in [3.05, 3.63) is 54.1 Å². The first-order valence-electron chi connectivity index (χ1n) is 6.93. The minimum Gasteiger partial charge on any atom is -0.459 e. The van der Waals surface area contributed by atoms with Gasteiger partial charge in [-0.25, -0.2) is 4.79 Å². The lowest BCUT2D eigenvalue weighted by Gasteiger charge is -2.10. The lowest BCUT2D eigenvalue weighted by atomic mass is 10.0. The van der Waals surface area contributed by atoms with Crippen LogP contribution in [0, 0.1) is 0 Å². The topological polar surface area (TPSA) is 64.3 Å². The second-order valence-electron chi connectivity index (χ2n) is 5.10. The number of esters is 1. The molecule has 2 aromatic carbocycles. The molecular weight excluding hydrogens is 296 g/mol. The van der Waals surface area contributed by atoms with Crippen LogP contribution in [0.2, 0.25) is 0 Å². The van der Waals surface area contributed by atoms with E-state index in [0.717, 1.165) is 16.8 Å². The minimum atomic E-state index is -0.316. The van der Waals surface area contributed by atoms with Crippen LogP contribution in [-0.4, -0.2) is 17.2 Å². The third-order valence-electron chi connectivity index (χ3n) is 2.93. The van der Waals surface area contributed by atoms with Gasteiger partial charge in [-0.1, -0.05) is 24.3 Å². The molecule has 0 radical (unpaired) electrons. The Kier molecular flexibility index (Phi) is 5.12. The molecule has 0 spiro atoms. The molecule has 0 aromatic heterocycles. The zero-order chi connectivity index (χ0) is 16.1. The Labute approximate surface area is 135 Å². The molecule has 0 aliphatic carbocycles. The van der Waals surface area contributed by atoms with Crippen molar-refractivity contribution in [1.29, 1.82) is 0 Å². The van der Waals surface area contributed by atoms with Crippen molar-refractivity contribution in [2.45, 2.75) is 20.0 Å². The van der Waals surface area contributed by atoms with Gasteiger partial charge < -0.3 is 15.8 Å². The van der Waals surface area contributed by atoms with Gasteiger partial charge in [-0.05, 0) is 61.5 Å². The van der Waals surface area contributed by atoms with Gasteiger partial charge in [-0.3, -0.25) is 0 Å². The number of anilines is 1. The van der Waals surface area contributed by atoms with E-state index in [1.807, 2.05) is 56.3 Å². The number of rotatable bonds is 4. The Bertz CT molecular complexity index is 681. The quantitative estimate of drug-likeness (QED) is 0.667. The highest BCUT2D eigenvalue weighted by Gasteiger charge is 2.10. The van der Waals surface area contributed by atoms with Crippen LogP contribution in [0.3, 0.4) is 0 Å². The smallest absolute Gasteiger partial charge is 0.338 e. The van der Waals surface area contributed by atoms with Crippen LogP contribution in [0.1, 0.15) is 24.2 Å². The van der Waals surface area contributed by atoms with Crippen LogP contribution >= 0.6 is 12.2 Å². The van der Waals surface area contributed by atoms with Gasteiger partial charge in [0.25, 0.3) is 0 Å². The van der Waals surface area contributed by atoms with E-state index in [4.69, 9.17) is 22.7 Å². The SMILES string of the molecule is CC(C)OC(=O)c1cccc(-c2ccc(NC(N)=S)cc2)c1. The van der Waals surface area contributed by atoms with Crippen LogP contribution < -0.4 is 11.1 Å². The van der Waals surface area contributed by atoms with Gasteiger partial charge in [-0.15, -0.1) is 0 Å². The predicted octanol–water partition coefficient (Wildman–Crippen LogP) is 3.57. The Balaban J connectivity index is 2.22. The summed E-state index contributed by atoms with van der Waals surface area (Å²) in [7, 11) is 0. The highest BCUT2D eigenvalue weighted by molar-refractivity contribution is 7.80. The molecule has 3 N–H and O–H groups in total. The maximum atomic E-state index is 12.0. The molecule has 0 unspecified atom stereocenters. The van der Waals surface area contributed by atoms with Gasteiger partial charge in [0.15, 0.2) is 5.11 Å². The molecule has 0 heterocycles. The van der Waals surface area contributed by atoms with E-state index in [-0.39, 0.29) is 17.2 Å². The normalized spacial score (nSPS) is 10.3. The number of benzene rings is 2. The number of carbonyl (C=O) groups excluding carboxylic acids is 1. The van der Waals surface area contributed by atoms with Gasteiger partial charge in [0.1, 0.15) is 0 Å². The molecule has 0 aliphatic heterocycles. The highest BCUT2D eigenvalue weighted by Crippen LogP contribution is 2.23. The fraction of sp³-hybridized carbons (Fsp3) is 0.176. The highest BCUT2D eigenvalue weighted by atomic mass is 32.1. The van der Waals surface area contributed by atoms with E-state index in [2.05, 4.69) is 5.32 Å². The number of ether oxygens (including phenoxy) is 1. The lowest BCUT2D eigenvalue weighted by molar-refractivity contribution is 0.0378. The van der Waals surface area contributed by atoms with Crippen molar-refractivity contribution in [2.24, 2.45) is 5.73 Å². The molecule has 0 bridgehead atoms. The predicted molar refractivity (Wildman–Crippen MR) is 92.8 cm³/mol. The van der Waals surface area contributed by atoms with E-state index in [1.165, 1.54) is 0 Å². The summed E-state index contributed by atoms with van der Waals surface area (Å²) >= 11 is 4.80. The summed E-state index contributed by atoms with van der Waals surface area (Å²) < 4.78 is 5.21. The Morgan fingerprint density at radius 3 is 2.41 bits per heavy atom. The molecule has 0 fully saturated rings. The number of nitrogens with one attached hydrogen (secondary N) is 1. The van der Waals surface area contributed by atoms with Gasteiger partial charge in [-0.2, -0.15) is 0 Å². The van der Waals surface area contributed by atoms with Crippen LogP contribution in [0.4, 0.5) is 5.69 Å². The lowest BCUT2D eigenvalue weighted by Crippen LogP contribution is -2.18. The fourth-order valence-corrected chi connectivity index (χ4v) is 2.11. The van der Waals surface area contributed by atoms with Crippen LogP contribution in [0.15, 0.2) is 48.5 Å². The average molecular weight is 314 g/mol. The van der Waals surface area contributed by atoms with Crippen molar-refractivity contribution >= 4 is 29.0 Å². The Hall–Kier alpha value is -2.40. The summed E-state index contributed by atoms with van der Waals surface area (Å²) in [6.07, 6.45) is -0.137. The molecule has 0 saturated heterocycles. The molecule has 2 rings (SSSR count). The third kappa shape index (κ3) is 4.30. The summed E-state index contributed by atoms with van der Waals surface area (Å²) in [6.45, 7) is 3.66. The van der Waals surface area contributed by atoms with E-state index >= 15 is 0 Å². The molecule has 0 amide bonds. The Morgan fingerprint density at radius 1 is 1.14 bits per heavy atom. The average Bonchev–Trinajstić information content (AvgIpc) is 2.47. The molecule has 2 aromatic rings. The maximum Gasteiger partial charge on any atom is 0.338 e. The fourth-order valence-electron chi connectivity index (χ4n) is 2.00. The zero-order valence-electron chi connectivity index (χ0n) is 12.5. The Morgan fingerprint density at radius 2 is 1.82 bits per heavy atom. The number of nitrogens with two attached hydrogens (primary N) is 1. The minimum absolute atomic E-state index is 0.137. The second kappa shape index (κ2) is 7.04. The number of hydrogen-bond donors (Lipinski definition) is 2. The molecule has 114 valence electrons. The van der Waals surface area contributed by atoms with E-state index in [1.54, 1.807) is 6.07 Å². The number of thiocarbonyl (C=S) groups is 1. The molecule has 0 aliphatic rings. The first-order valence-corrected chi connectivity index (χ1v) is 7.34. The van der Waals surface area contributed by atoms with Crippen molar-refractivity contribution < 1.29 is 9.53 Å². The summed E-state index contributed by atoms with van der Waals surface area (Å²) in [6, 6.07) is 15.0. The molecule has 22 heavy (non-hydrogen) atoms. The van der Waals surface area contributed by atoms with Gasteiger partial charge >= 0.3 is 5.97 Å². The third-order valence-corrected chi connectivity index (χ3v) is 3.03. The van der Waals surface area contributed by atoms with Crippen LogP contribution in [0.5, 0.6) is 0 Å². The van der Waals surface area contributed by atoms with Crippen molar-refractivity contribution in [3.63, 3.8) is 0 Å². The van der Waals surface area contributed by atoms with Crippen LogP contribution in [-0.2, 0) is 4.74 Å². The van der Waals surface area contributed by atoms with Gasteiger partial charge in [0.2, 0.25) is 0 Å². The first kappa shape index (κ1) is 16.0. The monoisotopic (exact) mass is 314 g/mol. The summed E-state index contributed by atoms with van der Waals surface area (Å²) in [5.41, 5.74) is 8.74. The standard InChI is InChI=1S/C17H18N2O2S/c1-11(2)21-16(20)14-5-3-4-13(10-14)12-6-8-15(9-7-12)19-17(18)22/h3-11H,1-2H3,(H3,18,19,22). The summed E-state index contributed by atoms with van der Waals surface area (Å²) in [5, 5.41) is 3.10. The van der Waals surface area contributed by atoms with Crippen molar-refractivity contribution in [3.8, 4) is 11.1 Å². The summed E-state index contributed by atoms with van der Waals surface area (Å²) in [4.78, 5) is 12.0. The van der Waals surface area contributed by atoms with Crippen molar-refractivity contribution in [1.82, 2.24) is 0 Å². The first-order chi connectivity index (χ1) is 10.5. The molecule has 0 saturated carbocycles. The molecule has 4 nitrogen and oxygen atoms in total.